The van der Waals surface area contributed by atoms with Crippen LogP contribution in [0.4, 0.5) is 0 Å². The van der Waals surface area contributed by atoms with Crippen LogP contribution in [-0.4, -0.2) is 27.3 Å². The lowest BCUT2D eigenvalue weighted by molar-refractivity contribution is -0.139. The SMILES string of the molecule is NNC(Cc1ccc(O)c(O)c1)C(=O)O. The van der Waals surface area contributed by atoms with Gasteiger partial charge in [0.15, 0.2) is 11.5 Å². The highest BCUT2D eigenvalue weighted by atomic mass is 16.4. The number of carbonyl (C=O) groups is 1. The first-order chi connectivity index (χ1) is 7.04. The van der Waals surface area contributed by atoms with Gasteiger partial charge in [0.1, 0.15) is 6.04 Å². The normalized spacial score (nSPS) is 12.3. The topological polar surface area (TPSA) is 116 Å². The molecule has 0 saturated heterocycles. The summed E-state index contributed by atoms with van der Waals surface area (Å²) in [6, 6.07) is 3.18. The molecule has 0 fully saturated rings. The standard InChI is InChI=1S/C9H12N2O4/c10-11-6(9(14)15)3-5-1-2-7(12)8(13)4-5/h1-2,4,6,11-13H,3,10H2,(H,14,15). The maximum atomic E-state index is 10.6. The number of hydrazine groups is 1. The first-order valence-electron chi connectivity index (χ1n) is 4.24. The van der Waals surface area contributed by atoms with Crippen molar-refractivity contribution in [1.82, 2.24) is 5.43 Å². The molecule has 0 aliphatic rings. The molecule has 6 nitrogen and oxygen atoms in total. The molecule has 15 heavy (non-hydrogen) atoms. The molecule has 0 aliphatic carbocycles. The fourth-order valence-corrected chi connectivity index (χ4v) is 1.15. The Morgan fingerprint density at radius 3 is 2.53 bits per heavy atom. The fraction of sp³-hybridized carbons (Fsp3) is 0.222. The van der Waals surface area contributed by atoms with Crippen molar-refractivity contribution in [3.05, 3.63) is 23.8 Å². The number of nitrogens with two attached hydrogens (primary N) is 1. The van der Waals surface area contributed by atoms with Crippen LogP contribution in [0.1, 0.15) is 5.56 Å². The monoisotopic (exact) mass is 212 g/mol. The van der Waals surface area contributed by atoms with Crippen molar-refractivity contribution in [2.45, 2.75) is 12.5 Å². The van der Waals surface area contributed by atoms with Crippen LogP contribution in [-0.2, 0) is 11.2 Å². The molecule has 82 valence electrons. The number of hydrogen-bond donors (Lipinski definition) is 5. The van der Waals surface area contributed by atoms with Gasteiger partial charge in [0.25, 0.3) is 0 Å². The number of nitrogens with one attached hydrogen (secondary N) is 1. The van der Waals surface area contributed by atoms with E-state index in [4.69, 9.17) is 16.1 Å². The lowest BCUT2D eigenvalue weighted by atomic mass is 10.1. The molecule has 0 radical (unpaired) electrons. The highest BCUT2D eigenvalue weighted by Crippen LogP contribution is 2.25. The van der Waals surface area contributed by atoms with Gasteiger partial charge in [0.2, 0.25) is 0 Å². The van der Waals surface area contributed by atoms with Crippen LogP contribution in [0.15, 0.2) is 18.2 Å². The van der Waals surface area contributed by atoms with Crippen molar-refractivity contribution in [2.75, 3.05) is 0 Å². The zero-order chi connectivity index (χ0) is 11.4. The average Bonchev–Trinajstić information content (AvgIpc) is 2.19. The molecule has 1 aromatic rings. The number of aliphatic carboxylic acids is 1. The van der Waals surface area contributed by atoms with Crippen molar-refractivity contribution in [3.63, 3.8) is 0 Å². The second-order valence-electron chi connectivity index (χ2n) is 3.08. The van der Waals surface area contributed by atoms with Gasteiger partial charge in [0, 0.05) is 0 Å². The number of rotatable bonds is 4. The molecule has 0 bridgehead atoms. The molecule has 1 rings (SSSR count). The Labute approximate surface area is 85.9 Å². The lowest BCUT2D eigenvalue weighted by Crippen LogP contribution is -2.42. The van der Waals surface area contributed by atoms with Crippen molar-refractivity contribution in [2.24, 2.45) is 5.84 Å². The Bertz CT molecular complexity index is 367. The summed E-state index contributed by atoms with van der Waals surface area (Å²) >= 11 is 0. The number of phenols is 2. The highest BCUT2D eigenvalue weighted by Gasteiger charge is 2.16. The summed E-state index contributed by atoms with van der Waals surface area (Å²) in [5.41, 5.74) is 2.71. The van der Waals surface area contributed by atoms with E-state index in [1.165, 1.54) is 18.2 Å². The number of phenolic OH excluding ortho intramolecular Hbond substituents is 2. The molecular formula is C9H12N2O4. The van der Waals surface area contributed by atoms with E-state index >= 15 is 0 Å². The van der Waals surface area contributed by atoms with Crippen LogP contribution >= 0.6 is 0 Å². The van der Waals surface area contributed by atoms with Crippen LogP contribution in [0, 0.1) is 0 Å². The number of aromatic hydroxyl groups is 2. The third-order valence-corrected chi connectivity index (χ3v) is 1.98. The fourth-order valence-electron chi connectivity index (χ4n) is 1.15. The Morgan fingerprint density at radius 1 is 1.40 bits per heavy atom. The molecule has 1 aromatic carbocycles. The molecule has 6 N–H and O–H groups in total. The van der Waals surface area contributed by atoms with Crippen LogP contribution in [0.5, 0.6) is 11.5 Å². The van der Waals surface area contributed by atoms with E-state index in [9.17, 15) is 9.90 Å². The molecule has 0 saturated carbocycles. The number of hydrogen-bond acceptors (Lipinski definition) is 5. The van der Waals surface area contributed by atoms with Gasteiger partial charge in [-0.25, -0.2) is 5.43 Å². The summed E-state index contributed by atoms with van der Waals surface area (Å²) in [6.07, 6.45) is 0.125. The van der Waals surface area contributed by atoms with E-state index in [0.717, 1.165) is 0 Å². The van der Waals surface area contributed by atoms with Gasteiger partial charge >= 0.3 is 5.97 Å². The molecule has 1 unspecified atom stereocenters. The summed E-state index contributed by atoms with van der Waals surface area (Å²) in [5, 5.41) is 26.9. The maximum absolute atomic E-state index is 10.6. The van der Waals surface area contributed by atoms with E-state index in [-0.39, 0.29) is 17.9 Å². The minimum Gasteiger partial charge on any atom is -0.504 e. The molecule has 0 aromatic heterocycles. The van der Waals surface area contributed by atoms with Crippen molar-refractivity contribution >= 4 is 5.97 Å². The molecule has 0 amide bonds. The first-order valence-corrected chi connectivity index (χ1v) is 4.24. The maximum Gasteiger partial charge on any atom is 0.322 e. The zero-order valence-electron chi connectivity index (χ0n) is 7.84. The Hall–Kier alpha value is -1.79. The second kappa shape index (κ2) is 4.63. The molecule has 0 heterocycles. The zero-order valence-corrected chi connectivity index (χ0v) is 7.84. The molecular weight excluding hydrogens is 200 g/mol. The van der Waals surface area contributed by atoms with Crippen molar-refractivity contribution in [3.8, 4) is 11.5 Å². The van der Waals surface area contributed by atoms with Crippen LogP contribution < -0.4 is 11.3 Å². The van der Waals surface area contributed by atoms with Crippen LogP contribution in [0.3, 0.4) is 0 Å². The van der Waals surface area contributed by atoms with E-state index in [2.05, 4.69) is 5.43 Å². The molecule has 0 aliphatic heterocycles. The van der Waals surface area contributed by atoms with Crippen LogP contribution in [0.2, 0.25) is 0 Å². The van der Waals surface area contributed by atoms with Gasteiger partial charge in [-0.15, -0.1) is 0 Å². The summed E-state index contributed by atoms with van der Waals surface area (Å²) in [6.45, 7) is 0. The number of carboxylic acid groups (broad SMARTS) is 1. The predicted molar refractivity (Wildman–Crippen MR) is 52.2 cm³/mol. The first kappa shape index (κ1) is 11.3. The summed E-state index contributed by atoms with van der Waals surface area (Å²) < 4.78 is 0. The number of benzene rings is 1. The molecule has 6 heteroatoms. The molecule has 0 spiro atoms. The van der Waals surface area contributed by atoms with Gasteiger partial charge in [0.05, 0.1) is 0 Å². The van der Waals surface area contributed by atoms with E-state index in [1.54, 1.807) is 0 Å². The lowest BCUT2D eigenvalue weighted by Gasteiger charge is -2.11. The third kappa shape index (κ3) is 2.83. The third-order valence-electron chi connectivity index (χ3n) is 1.98. The average molecular weight is 212 g/mol. The second-order valence-corrected chi connectivity index (χ2v) is 3.08. The minimum absolute atomic E-state index is 0.125. The highest BCUT2D eigenvalue weighted by molar-refractivity contribution is 5.73. The Morgan fingerprint density at radius 2 is 2.07 bits per heavy atom. The number of carboxylic acids is 1. The molecule has 1 atom stereocenters. The predicted octanol–water partition coefficient (Wildman–Crippen LogP) is -0.443. The van der Waals surface area contributed by atoms with E-state index in [1.807, 2.05) is 0 Å². The van der Waals surface area contributed by atoms with Gasteiger partial charge in [-0.2, -0.15) is 0 Å². The van der Waals surface area contributed by atoms with E-state index < -0.39 is 12.0 Å². The van der Waals surface area contributed by atoms with Crippen LogP contribution in [0.25, 0.3) is 0 Å². The summed E-state index contributed by atoms with van der Waals surface area (Å²) in [7, 11) is 0. The van der Waals surface area contributed by atoms with Gasteiger partial charge < -0.3 is 15.3 Å². The van der Waals surface area contributed by atoms with Gasteiger partial charge in [-0.1, -0.05) is 6.07 Å². The summed E-state index contributed by atoms with van der Waals surface area (Å²) in [4.78, 5) is 10.6. The minimum atomic E-state index is -1.08. The largest absolute Gasteiger partial charge is 0.504 e. The Balaban J connectivity index is 2.80. The van der Waals surface area contributed by atoms with E-state index in [0.29, 0.717) is 5.56 Å². The van der Waals surface area contributed by atoms with Crippen molar-refractivity contribution < 1.29 is 20.1 Å². The van der Waals surface area contributed by atoms with Gasteiger partial charge in [-0.3, -0.25) is 10.6 Å². The summed E-state index contributed by atoms with van der Waals surface area (Å²) in [5.74, 6) is 3.44. The quantitative estimate of drug-likeness (QED) is 0.262. The van der Waals surface area contributed by atoms with Crippen molar-refractivity contribution in [1.29, 1.82) is 0 Å². The smallest absolute Gasteiger partial charge is 0.322 e. The Kier molecular flexibility index (Phi) is 3.48. The van der Waals surface area contributed by atoms with Gasteiger partial charge in [-0.05, 0) is 24.1 Å².